The molecule has 4 rings (SSSR count). The molecular formula is C17H25N7O. The van der Waals surface area contributed by atoms with Gasteiger partial charge in [0.25, 0.3) is 5.91 Å². The minimum absolute atomic E-state index is 0.0956. The predicted molar refractivity (Wildman–Crippen MR) is 91.8 cm³/mol. The number of nitrogens with zero attached hydrogens (tertiary/aromatic N) is 6. The molecule has 0 bridgehead atoms. The van der Waals surface area contributed by atoms with Gasteiger partial charge in [-0.05, 0) is 25.7 Å². The first-order chi connectivity index (χ1) is 12.0. The molecule has 0 spiro atoms. The van der Waals surface area contributed by atoms with Crippen molar-refractivity contribution < 1.29 is 4.79 Å². The highest BCUT2D eigenvalue weighted by molar-refractivity contribution is 5.90. The maximum Gasteiger partial charge on any atom is 0.289 e. The zero-order valence-electron chi connectivity index (χ0n) is 15.0. The molecule has 0 aliphatic carbocycles. The molecule has 2 aliphatic heterocycles. The van der Waals surface area contributed by atoms with E-state index in [1.165, 1.54) is 5.56 Å². The first kappa shape index (κ1) is 16.3. The summed E-state index contributed by atoms with van der Waals surface area (Å²) in [5.41, 5.74) is 1.25. The lowest BCUT2D eigenvalue weighted by molar-refractivity contribution is 0.0924. The fourth-order valence-electron chi connectivity index (χ4n) is 4.06. The number of likely N-dealkylation sites (tertiary alicyclic amines) is 1. The number of hydrogen-bond donors (Lipinski definition) is 1. The van der Waals surface area contributed by atoms with E-state index in [0.717, 1.165) is 38.4 Å². The Balaban J connectivity index is 1.45. The molecule has 4 heterocycles. The summed E-state index contributed by atoms with van der Waals surface area (Å²) in [6.45, 7) is 7.78. The second-order valence-corrected chi connectivity index (χ2v) is 7.62. The summed E-state index contributed by atoms with van der Waals surface area (Å²) in [5, 5.41) is 15.6. The van der Waals surface area contributed by atoms with Crippen LogP contribution in [0.25, 0.3) is 0 Å². The van der Waals surface area contributed by atoms with E-state index in [2.05, 4.69) is 31.7 Å². The maximum atomic E-state index is 12.3. The summed E-state index contributed by atoms with van der Waals surface area (Å²) >= 11 is 0. The molecule has 1 fully saturated rings. The SMILES string of the molecule is CC(C)NC(=O)c1nnc2n1C[C@H]1CN(Cc3cnn(C)c3)C[C@H]1C2. The molecule has 8 nitrogen and oxygen atoms in total. The van der Waals surface area contributed by atoms with Gasteiger partial charge in [0.05, 0.1) is 6.20 Å². The number of aryl methyl sites for hydroxylation is 1. The first-order valence-corrected chi connectivity index (χ1v) is 8.92. The fraction of sp³-hybridized carbons (Fsp3) is 0.647. The normalized spacial score (nSPS) is 22.9. The summed E-state index contributed by atoms with van der Waals surface area (Å²) in [4.78, 5) is 14.8. The number of nitrogens with one attached hydrogen (secondary N) is 1. The minimum Gasteiger partial charge on any atom is -0.347 e. The van der Waals surface area contributed by atoms with Crippen LogP contribution in [0.1, 0.15) is 35.9 Å². The zero-order chi connectivity index (χ0) is 17.6. The molecule has 2 aromatic rings. The van der Waals surface area contributed by atoms with Crippen LogP contribution in [-0.2, 0) is 26.6 Å². The van der Waals surface area contributed by atoms with E-state index in [1.54, 1.807) is 0 Å². The lowest BCUT2D eigenvalue weighted by Crippen LogP contribution is -2.35. The van der Waals surface area contributed by atoms with Gasteiger partial charge in [0.2, 0.25) is 5.82 Å². The van der Waals surface area contributed by atoms with Crippen molar-refractivity contribution in [3.8, 4) is 0 Å². The minimum atomic E-state index is -0.127. The topological polar surface area (TPSA) is 80.9 Å². The van der Waals surface area contributed by atoms with Crippen LogP contribution in [0, 0.1) is 11.8 Å². The molecule has 134 valence electrons. The predicted octanol–water partition coefficient (Wildman–Crippen LogP) is 0.454. The van der Waals surface area contributed by atoms with Crippen LogP contribution in [0.15, 0.2) is 12.4 Å². The van der Waals surface area contributed by atoms with Gasteiger partial charge < -0.3 is 9.88 Å². The molecule has 0 radical (unpaired) electrons. The van der Waals surface area contributed by atoms with Crippen molar-refractivity contribution in [3.63, 3.8) is 0 Å². The fourth-order valence-corrected chi connectivity index (χ4v) is 4.06. The highest BCUT2D eigenvalue weighted by Crippen LogP contribution is 2.33. The monoisotopic (exact) mass is 343 g/mol. The van der Waals surface area contributed by atoms with E-state index in [9.17, 15) is 4.79 Å². The Morgan fingerprint density at radius 1 is 1.28 bits per heavy atom. The van der Waals surface area contributed by atoms with Crippen molar-refractivity contribution in [1.29, 1.82) is 0 Å². The third-order valence-corrected chi connectivity index (χ3v) is 5.13. The number of rotatable bonds is 4. The van der Waals surface area contributed by atoms with E-state index in [1.807, 2.05) is 36.3 Å². The van der Waals surface area contributed by atoms with E-state index < -0.39 is 0 Å². The average molecular weight is 343 g/mol. The molecule has 8 heteroatoms. The van der Waals surface area contributed by atoms with Crippen LogP contribution in [0.4, 0.5) is 0 Å². The highest BCUT2D eigenvalue weighted by atomic mass is 16.2. The largest absolute Gasteiger partial charge is 0.347 e. The van der Waals surface area contributed by atoms with Gasteiger partial charge in [-0.25, -0.2) is 0 Å². The average Bonchev–Trinajstić information content (AvgIpc) is 3.22. The molecule has 2 atom stereocenters. The Bertz CT molecular complexity index is 778. The van der Waals surface area contributed by atoms with Gasteiger partial charge in [-0.2, -0.15) is 5.10 Å². The molecule has 0 unspecified atom stereocenters. The van der Waals surface area contributed by atoms with Crippen molar-refractivity contribution in [2.24, 2.45) is 18.9 Å². The lowest BCUT2D eigenvalue weighted by Gasteiger charge is -2.25. The van der Waals surface area contributed by atoms with E-state index in [4.69, 9.17) is 0 Å². The second-order valence-electron chi connectivity index (χ2n) is 7.62. The smallest absolute Gasteiger partial charge is 0.289 e. The molecule has 0 aromatic carbocycles. The van der Waals surface area contributed by atoms with Gasteiger partial charge in [0.15, 0.2) is 0 Å². The molecular weight excluding hydrogens is 318 g/mol. The summed E-state index contributed by atoms with van der Waals surface area (Å²) in [5.74, 6) is 2.41. The summed E-state index contributed by atoms with van der Waals surface area (Å²) in [6, 6.07) is 0.0956. The quantitative estimate of drug-likeness (QED) is 0.872. The van der Waals surface area contributed by atoms with Crippen LogP contribution < -0.4 is 5.32 Å². The van der Waals surface area contributed by atoms with Gasteiger partial charge in [-0.1, -0.05) is 0 Å². The number of carbonyl (C=O) groups excluding carboxylic acids is 1. The summed E-state index contributed by atoms with van der Waals surface area (Å²) in [7, 11) is 1.95. The number of carbonyl (C=O) groups is 1. The van der Waals surface area contributed by atoms with Crippen LogP contribution in [0.3, 0.4) is 0 Å². The Morgan fingerprint density at radius 3 is 2.80 bits per heavy atom. The summed E-state index contributed by atoms with van der Waals surface area (Å²) in [6.07, 6.45) is 4.91. The van der Waals surface area contributed by atoms with Crippen molar-refractivity contribution in [1.82, 2.24) is 34.8 Å². The molecule has 2 aliphatic rings. The van der Waals surface area contributed by atoms with Gasteiger partial charge in [-0.15, -0.1) is 10.2 Å². The summed E-state index contributed by atoms with van der Waals surface area (Å²) < 4.78 is 3.87. The maximum absolute atomic E-state index is 12.3. The second kappa shape index (κ2) is 6.25. The number of hydrogen-bond acceptors (Lipinski definition) is 5. The number of amides is 1. The van der Waals surface area contributed by atoms with E-state index in [0.29, 0.717) is 17.7 Å². The van der Waals surface area contributed by atoms with E-state index >= 15 is 0 Å². The first-order valence-electron chi connectivity index (χ1n) is 8.92. The van der Waals surface area contributed by atoms with Crippen LogP contribution in [0.5, 0.6) is 0 Å². The number of aromatic nitrogens is 5. The standard InChI is InChI=1S/C17H25N7O/c1-11(2)19-17(25)16-21-20-15-4-13-8-23(9-14(13)10-24(15)16)7-12-5-18-22(3)6-12/h5-6,11,13-14H,4,7-10H2,1-3H3,(H,19,25)/t13-,14-/m1/s1. The Kier molecular flexibility index (Phi) is 4.07. The zero-order valence-corrected chi connectivity index (χ0v) is 15.0. The molecule has 1 amide bonds. The van der Waals surface area contributed by atoms with Crippen molar-refractivity contribution >= 4 is 5.91 Å². The molecule has 1 saturated heterocycles. The Morgan fingerprint density at radius 2 is 2.08 bits per heavy atom. The van der Waals surface area contributed by atoms with Gasteiger partial charge in [0, 0.05) is 57.4 Å². The van der Waals surface area contributed by atoms with Crippen molar-refractivity contribution in [2.45, 2.75) is 39.4 Å². The lowest BCUT2D eigenvalue weighted by atomic mass is 9.89. The van der Waals surface area contributed by atoms with E-state index in [-0.39, 0.29) is 11.9 Å². The Hall–Kier alpha value is -2.22. The molecule has 2 aromatic heterocycles. The molecule has 1 N–H and O–H groups in total. The van der Waals surface area contributed by atoms with Crippen molar-refractivity contribution in [3.05, 3.63) is 29.6 Å². The highest BCUT2D eigenvalue weighted by Gasteiger charge is 2.39. The molecule has 25 heavy (non-hydrogen) atoms. The van der Waals surface area contributed by atoms with Gasteiger partial charge in [-0.3, -0.25) is 14.4 Å². The van der Waals surface area contributed by atoms with Crippen LogP contribution in [-0.4, -0.2) is 54.5 Å². The Labute approximate surface area is 147 Å². The molecule has 0 saturated carbocycles. The number of fused-ring (bicyclic) bond motifs is 2. The van der Waals surface area contributed by atoms with Crippen LogP contribution >= 0.6 is 0 Å². The van der Waals surface area contributed by atoms with Crippen LogP contribution in [0.2, 0.25) is 0 Å². The third kappa shape index (κ3) is 3.18. The van der Waals surface area contributed by atoms with Gasteiger partial charge >= 0.3 is 0 Å². The van der Waals surface area contributed by atoms with Gasteiger partial charge in [0.1, 0.15) is 5.82 Å². The third-order valence-electron chi connectivity index (χ3n) is 5.13. The van der Waals surface area contributed by atoms with Crippen molar-refractivity contribution in [2.75, 3.05) is 13.1 Å².